The quantitative estimate of drug-likeness (QED) is 0.565. The number of amides is 1. The summed E-state index contributed by atoms with van der Waals surface area (Å²) in [4.78, 5) is 12.2. The number of benzene rings is 3. The average Bonchev–Trinajstić information content (AvgIpc) is 2.92. The zero-order valence-electron chi connectivity index (χ0n) is 12.6. The minimum atomic E-state index is -0.874. The predicted molar refractivity (Wildman–Crippen MR) is 89.0 cm³/mol. The molecule has 0 radical (unpaired) electrons. The molecule has 3 aromatic carbocycles. The number of fused-ring (bicyclic) bond motifs is 3. The third kappa shape index (κ3) is 2.46. The number of nitrogens with one attached hydrogen (secondary N) is 1. The van der Waals surface area contributed by atoms with Crippen LogP contribution in [0.2, 0.25) is 0 Å². The topological polar surface area (TPSA) is 29.1 Å². The molecule has 0 fully saturated rings. The van der Waals surface area contributed by atoms with Gasteiger partial charge in [0.1, 0.15) is 11.6 Å². The maximum Gasteiger partial charge on any atom is 0.258 e. The molecule has 1 amide bonds. The number of hydrogen-bond donors (Lipinski definition) is 1. The average molecular weight is 321 g/mol. The van der Waals surface area contributed by atoms with Gasteiger partial charge in [0, 0.05) is 11.8 Å². The lowest BCUT2D eigenvalue weighted by Crippen LogP contribution is -2.14. The van der Waals surface area contributed by atoms with Crippen LogP contribution in [0.25, 0.3) is 11.1 Å². The highest BCUT2D eigenvalue weighted by Crippen LogP contribution is 2.37. The number of carbonyl (C=O) groups is 1. The van der Waals surface area contributed by atoms with Crippen molar-refractivity contribution < 1.29 is 13.6 Å². The maximum atomic E-state index is 13.7. The van der Waals surface area contributed by atoms with Gasteiger partial charge in [-0.2, -0.15) is 0 Å². The Bertz CT molecular complexity index is 966. The Hall–Kier alpha value is -3.01. The van der Waals surface area contributed by atoms with Crippen molar-refractivity contribution in [3.63, 3.8) is 0 Å². The van der Waals surface area contributed by atoms with E-state index in [4.69, 9.17) is 0 Å². The Labute approximate surface area is 137 Å². The molecule has 24 heavy (non-hydrogen) atoms. The smallest absolute Gasteiger partial charge is 0.258 e. The Morgan fingerprint density at radius 2 is 1.67 bits per heavy atom. The third-order valence-corrected chi connectivity index (χ3v) is 4.23. The Kier molecular flexibility index (Phi) is 3.38. The van der Waals surface area contributed by atoms with Gasteiger partial charge in [-0.05, 0) is 52.9 Å². The number of rotatable bonds is 2. The molecule has 1 aliphatic rings. The second-order valence-corrected chi connectivity index (χ2v) is 5.78. The summed E-state index contributed by atoms with van der Waals surface area (Å²) < 4.78 is 26.6. The summed E-state index contributed by atoms with van der Waals surface area (Å²) in [6.07, 6.45) is 0.806. The molecule has 0 bridgehead atoms. The molecule has 3 aromatic rings. The van der Waals surface area contributed by atoms with Crippen LogP contribution in [-0.2, 0) is 6.42 Å². The second kappa shape index (κ2) is 5.57. The van der Waals surface area contributed by atoms with Gasteiger partial charge in [-0.25, -0.2) is 8.78 Å². The second-order valence-electron chi connectivity index (χ2n) is 5.78. The van der Waals surface area contributed by atoms with Crippen molar-refractivity contribution in [3.8, 4) is 11.1 Å². The molecule has 4 rings (SSSR count). The molecular formula is C20H13F2NO. The van der Waals surface area contributed by atoms with Gasteiger partial charge in [0.15, 0.2) is 0 Å². The highest BCUT2D eigenvalue weighted by atomic mass is 19.1. The van der Waals surface area contributed by atoms with E-state index in [1.54, 1.807) is 6.07 Å². The highest BCUT2D eigenvalue weighted by molar-refractivity contribution is 6.04. The van der Waals surface area contributed by atoms with Gasteiger partial charge in [-0.3, -0.25) is 4.79 Å². The first-order chi connectivity index (χ1) is 11.6. The van der Waals surface area contributed by atoms with Gasteiger partial charge in [0.25, 0.3) is 5.91 Å². The molecule has 4 heteroatoms. The van der Waals surface area contributed by atoms with E-state index in [-0.39, 0.29) is 5.56 Å². The summed E-state index contributed by atoms with van der Waals surface area (Å²) in [6, 6.07) is 16.7. The van der Waals surface area contributed by atoms with E-state index in [2.05, 4.69) is 17.4 Å². The van der Waals surface area contributed by atoms with Gasteiger partial charge in [0.05, 0.1) is 5.56 Å². The van der Waals surface area contributed by atoms with E-state index in [1.165, 1.54) is 11.1 Å². The normalized spacial score (nSPS) is 11.8. The molecule has 1 N–H and O–H groups in total. The summed E-state index contributed by atoms with van der Waals surface area (Å²) >= 11 is 0. The maximum absolute atomic E-state index is 13.7. The zero-order valence-corrected chi connectivity index (χ0v) is 12.6. The fourth-order valence-electron chi connectivity index (χ4n) is 3.09. The minimum Gasteiger partial charge on any atom is -0.322 e. The van der Waals surface area contributed by atoms with Crippen LogP contribution >= 0.6 is 0 Å². The van der Waals surface area contributed by atoms with Crippen LogP contribution in [0.15, 0.2) is 60.7 Å². The summed E-state index contributed by atoms with van der Waals surface area (Å²) in [7, 11) is 0. The standard InChI is InChI=1S/C20H13F2NO/c21-14-5-7-18(19(22)11-14)20(24)23-15-6-8-17-13(10-15)9-12-3-1-2-4-16(12)17/h1-8,10-11H,9H2,(H,23,24). The molecule has 0 atom stereocenters. The molecule has 0 aliphatic heterocycles. The first kappa shape index (κ1) is 14.6. The summed E-state index contributed by atoms with van der Waals surface area (Å²) in [5.74, 6) is -2.18. The van der Waals surface area contributed by atoms with E-state index >= 15 is 0 Å². The summed E-state index contributed by atoms with van der Waals surface area (Å²) in [5.41, 5.74) is 5.14. The molecule has 1 aliphatic carbocycles. The number of carbonyl (C=O) groups excluding carboxylic acids is 1. The van der Waals surface area contributed by atoms with Gasteiger partial charge in [-0.1, -0.05) is 30.3 Å². The van der Waals surface area contributed by atoms with Crippen LogP contribution in [0.3, 0.4) is 0 Å². The van der Waals surface area contributed by atoms with Crippen molar-refractivity contribution >= 4 is 11.6 Å². The van der Waals surface area contributed by atoms with Crippen molar-refractivity contribution in [2.24, 2.45) is 0 Å². The predicted octanol–water partition coefficient (Wildman–Crippen LogP) is 4.79. The largest absolute Gasteiger partial charge is 0.322 e. The first-order valence-electron chi connectivity index (χ1n) is 7.59. The van der Waals surface area contributed by atoms with Gasteiger partial charge in [0.2, 0.25) is 0 Å². The minimum absolute atomic E-state index is 0.180. The SMILES string of the molecule is O=C(Nc1ccc2c(c1)Cc1ccccc1-2)c1ccc(F)cc1F. The lowest BCUT2D eigenvalue weighted by molar-refractivity contribution is 0.102. The van der Waals surface area contributed by atoms with Crippen LogP contribution in [0.4, 0.5) is 14.5 Å². The molecule has 2 nitrogen and oxygen atoms in total. The van der Waals surface area contributed by atoms with Crippen molar-refractivity contribution in [2.75, 3.05) is 5.32 Å². The Morgan fingerprint density at radius 3 is 2.50 bits per heavy atom. The highest BCUT2D eigenvalue weighted by Gasteiger charge is 2.19. The monoisotopic (exact) mass is 321 g/mol. The van der Waals surface area contributed by atoms with Crippen molar-refractivity contribution in [3.05, 3.63) is 89.0 Å². The van der Waals surface area contributed by atoms with Crippen LogP contribution in [0.1, 0.15) is 21.5 Å². The molecular weight excluding hydrogens is 308 g/mol. The van der Waals surface area contributed by atoms with Crippen LogP contribution in [0, 0.1) is 11.6 Å². The van der Waals surface area contributed by atoms with Gasteiger partial charge >= 0.3 is 0 Å². The lowest BCUT2D eigenvalue weighted by atomic mass is 10.1. The van der Waals surface area contributed by atoms with E-state index in [0.717, 1.165) is 29.7 Å². The molecule has 0 aromatic heterocycles. The van der Waals surface area contributed by atoms with E-state index < -0.39 is 17.5 Å². The number of halogens is 2. The third-order valence-electron chi connectivity index (χ3n) is 4.23. The molecule has 118 valence electrons. The van der Waals surface area contributed by atoms with E-state index in [9.17, 15) is 13.6 Å². The van der Waals surface area contributed by atoms with Crippen molar-refractivity contribution in [1.29, 1.82) is 0 Å². The van der Waals surface area contributed by atoms with Gasteiger partial charge < -0.3 is 5.32 Å². The molecule has 0 spiro atoms. The van der Waals surface area contributed by atoms with Crippen LogP contribution in [0.5, 0.6) is 0 Å². The number of hydrogen-bond acceptors (Lipinski definition) is 1. The van der Waals surface area contributed by atoms with E-state index in [0.29, 0.717) is 11.8 Å². The first-order valence-corrected chi connectivity index (χ1v) is 7.59. The van der Waals surface area contributed by atoms with Crippen LogP contribution in [-0.4, -0.2) is 5.91 Å². The summed E-state index contributed by atoms with van der Waals surface area (Å²) in [6.45, 7) is 0. The van der Waals surface area contributed by atoms with Crippen LogP contribution < -0.4 is 5.32 Å². The fraction of sp³-hybridized carbons (Fsp3) is 0.0500. The summed E-state index contributed by atoms with van der Waals surface area (Å²) in [5, 5.41) is 2.67. The Balaban J connectivity index is 1.61. The molecule has 0 saturated heterocycles. The van der Waals surface area contributed by atoms with Crippen molar-refractivity contribution in [2.45, 2.75) is 6.42 Å². The zero-order chi connectivity index (χ0) is 16.7. The fourth-order valence-corrected chi connectivity index (χ4v) is 3.09. The Morgan fingerprint density at radius 1 is 0.875 bits per heavy atom. The van der Waals surface area contributed by atoms with Crippen molar-refractivity contribution in [1.82, 2.24) is 0 Å². The molecule has 0 unspecified atom stereocenters. The van der Waals surface area contributed by atoms with Gasteiger partial charge in [-0.15, -0.1) is 0 Å². The lowest BCUT2D eigenvalue weighted by Gasteiger charge is -2.08. The molecule has 0 heterocycles. The molecule has 0 saturated carbocycles. The number of anilines is 1. The van der Waals surface area contributed by atoms with E-state index in [1.807, 2.05) is 24.3 Å².